The molecule has 0 saturated heterocycles. The Hall–Kier alpha value is -4.91. The van der Waals surface area contributed by atoms with E-state index < -0.39 is 17.5 Å². The van der Waals surface area contributed by atoms with Crippen LogP contribution < -0.4 is 5.56 Å². The van der Waals surface area contributed by atoms with Crippen LogP contribution >= 0.6 is 0 Å². The number of nitrogens with one attached hydrogen (secondary N) is 1. The summed E-state index contributed by atoms with van der Waals surface area (Å²) >= 11 is 0. The maximum absolute atomic E-state index is 13.1. The van der Waals surface area contributed by atoms with Gasteiger partial charge in [-0.15, -0.1) is 0 Å². The highest BCUT2D eigenvalue weighted by atomic mass is 16.5. The van der Waals surface area contributed by atoms with E-state index in [9.17, 15) is 14.4 Å². The molecule has 0 unspecified atom stereocenters. The molecule has 4 rings (SSSR count). The largest absolute Gasteiger partial charge is 0.464 e. The number of hydrogen-bond donors (Lipinski definition) is 1. The molecule has 0 bridgehead atoms. The number of methoxy groups -OCH3 is 1. The van der Waals surface area contributed by atoms with E-state index in [1.807, 2.05) is 24.3 Å². The molecule has 0 aliphatic carbocycles. The third-order valence-corrected chi connectivity index (χ3v) is 5.33. The predicted octanol–water partition coefficient (Wildman–Crippen LogP) is 3.19. The highest BCUT2D eigenvalue weighted by molar-refractivity contribution is 5.97. The third-order valence-electron chi connectivity index (χ3n) is 5.33. The molecule has 35 heavy (non-hydrogen) atoms. The Morgan fingerprint density at radius 2 is 1.83 bits per heavy atom. The maximum atomic E-state index is 13.1. The van der Waals surface area contributed by atoms with Crippen LogP contribution in [0.5, 0.6) is 0 Å². The normalized spacial score (nSPS) is 10.5. The Kier molecular flexibility index (Phi) is 6.59. The van der Waals surface area contributed by atoms with Gasteiger partial charge in [-0.05, 0) is 31.2 Å². The van der Waals surface area contributed by atoms with E-state index in [4.69, 9.17) is 19.3 Å². The summed E-state index contributed by atoms with van der Waals surface area (Å²) in [5.74, 6) is -1.10. The summed E-state index contributed by atoms with van der Waals surface area (Å²) < 4.78 is 16.6. The number of nitrogens with zero attached hydrogens (tertiary/aromatic N) is 3. The first-order chi connectivity index (χ1) is 16.9. The monoisotopic (exact) mass is 472 g/mol. The van der Waals surface area contributed by atoms with Gasteiger partial charge in [-0.1, -0.05) is 35.5 Å². The van der Waals surface area contributed by atoms with Crippen LogP contribution in [0.2, 0.25) is 0 Å². The molecule has 10 nitrogen and oxygen atoms in total. The van der Waals surface area contributed by atoms with Crippen LogP contribution in [0.3, 0.4) is 0 Å². The zero-order valence-electron chi connectivity index (χ0n) is 18.9. The Morgan fingerprint density at radius 3 is 2.49 bits per heavy atom. The number of ether oxygens (including phenoxy) is 2. The number of hydrogen-bond acceptors (Lipinski definition) is 8. The van der Waals surface area contributed by atoms with Gasteiger partial charge >= 0.3 is 11.9 Å². The number of esters is 2. The molecule has 0 amide bonds. The van der Waals surface area contributed by atoms with Crippen LogP contribution in [0.4, 0.5) is 0 Å². The van der Waals surface area contributed by atoms with Gasteiger partial charge in [0.2, 0.25) is 0 Å². The molecule has 2 aromatic carbocycles. The van der Waals surface area contributed by atoms with Crippen LogP contribution in [0, 0.1) is 18.3 Å². The van der Waals surface area contributed by atoms with Crippen LogP contribution in [-0.4, -0.2) is 40.6 Å². The topological polar surface area (TPSA) is 140 Å². The SMILES string of the molecule is COC(=O)c1[nH]n(-c2ccc(C#N)cc2)c(=O)c1CCOC(=O)c1c(-c2ccccc2)noc1C. The summed E-state index contributed by atoms with van der Waals surface area (Å²) in [6.45, 7) is 1.43. The Labute approximate surface area is 199 Å². The van der Waals surface area contributed by atoms with Gasteiger partial charge in [-0.25, -0.2) is 14.3 Å². The lowest BCUT2D eigenvalue weighted by Gasteiger charge is -2.05. The summed E-state index contributed by atoms with van der Waals surface area (Å²) in [5.41, 5.74) is 1.63. The Balaban J connectivity index is 1.56. The molecule has 2 aromatic heterocycles. The van der Waals surface area contributed by atoms with E-state index in [0.717, 1.165) is 0 Å². The number of rotatable bonds is 7. The van der Waals surface area contributed by atoms with E-state index in [1.165, 1.54) is 11.8 Å². The van der Waals surface area contributed by atoms with Gasteiger partial charge in [-0.2, -0.15) is 5.26 Å². The fourth-order valence-electron chi connectivity index (χ4n) is 3.57. The second-order valence-corrected chi connectivity index (χ2v) is 7.47. The van der Waals surface area contributed by atoms with Gasteiger partial charge in [0, 0.05) is 12.0 Å². The second kappa shape index (κ2) is 9.93. The fraction of sp³-hybridized carbons (Fsp3) is 0.160. The molecule has 4 aromatic rings. The molecule has 0 saturated carbocycles. The molecular weight excluding hydrogens is 452 g/mol. The predicted molar refractivity (Wildman–Crippen MR) is 123 cm³/mol. The quantitative estimate of drug-likeness (QED) is 0.405. The molecule has 0 aliphatic heterocycles. The number of aromatic amines is 1. The van der Waals surface area contributed by atoms with Gasteiger partial charge in [0.25, 0.3) is 5.56 Å². The van der Waals surface area contributed by atoms with E-state index >= 15 is 0 Å². The molecule has 176 valence electrons. The average molecular weight is 472 g/mol. The molecule has 0 radical (unpaired) electrons. The van der Waals surface area contributed by atoms with Crippen LogP contribution in [0.25, 0.3) is 16.9 Å². The number of benzene rings is 2. The number of aromatic nitrogens is 3. The lowest BCUT2D eigenvalue weighted by Crippen LogP contribution is -2.19. The van der Waals surface area contributed by atoms with Crippen molar-refractivity contribution in [3.63, 3.8) is 0 Å². The molecule has 0 fully saturated rings. The zero-order valence-corrected chi connectivity index (χ0v) is 18.9. The lowest BCUT2D eigenvalue weighted by molar-refractivity contribution is 0.0507. The summed E-state index contributed by atoms with van der Waals surface area (Å²) in [7, 11) is 1.20. The summed E-state index contributed by atoms with van der Waals surface area (Å²) in [5, 5.41) is 15.7. The van der Waals surface area contributed by atoms with Crippen LogP contribution in [0.1, 0.15) is 37.7 Å². The highest BCUT2D eigenvalue weighted by Gasteiger charge is 2.25. The third kappa shape index (κ3) is 4.60. The van der Waals surface area contributed by atoms with E-state index in [-0.39, 0.29) is 29.8 Å². The van der Waals surface area contributed by atoms with Gasteiger partial charge in [0.05, 0.1) is 36.6 Å². The molecule has 0 aliphatic rings. The molecule has 0 spiro atoms. The van der Waals surface area contributed by atoms with Crippen molar-refractivity contribution in [3.8, 4) is 23.0 Å². The van der Waals surface area contributed by atoms with Gasteiger partial charge in [0.1, 0.15) is 22.7 Å². The van der Waals surface area contributed by atoms with Crippen molar-refractivity contribution in [1.82, 2.24) is 14.9 Å². The van der Waals surface area contributed by atoms with Crippen molar-refractivity contribution >= 4 is 11.9 Å². The standard InChI is InChI=1S/C25H20N4O6/c1-15-20(21(28-35-15)17-6-4-3-5-7-17)24(31)34-13-12-19-22(25(32)33-2)27-29(23(19)30)18-10-8-16(14-26)9-11-18/h3-11,27H,12-13H2,1-2H3. The summed E-state index contributed by atoms with van der Waals surface area (Å²) in [6, 6.07) is 17.3. The highest BCUT2D eigenvalue weighted by Crippen LogP contribution is 2.25. The number of carbonyl (C=O) groups excluding carboxylic acids is 2. The van der Waals surface area contributed by atoms with E-state index in [0.29, 0.717) is 28.3 Å². The van der Waals surface area contributed by atoms with Crippen molar-refractivity contribution in [2.75, 3.05) is 13.7 Å². The zero-order chi connectivity index (χ0) is 24.9. The maximum Gasteiger partial charge on any atom is 0.356 e. The summed E-state index contributed by atoms with van der Waals surface area (Å²) in [4.78, 5) is 38.2. The van der Waals surface area contributed by atoms with Crippen LogP contribution in [0.15, 0.2) is 63.9 Å². The smallest absolute Gasteiger partial charge is 0.356 e. The Bertz CT molecular complexity index is 1470. The molecule has 2 heterocycles. The lowest BCUT2D eigenvalue weighted by atomic mass is 10.1. The van der Waals surface area contributed by atoms with E-state index in [1.54, 1.807) is 43.3 Å². The number of nitriles is 1. The minimum atomic E-state index is -0.739. The molecule has 0 atom stereocenters. The van der Waals surface area contributed by atoms with Crippen molar-refractivity contribution in [3.05, 3.63) is 93.1 Å². The minimum Gasteiger partial charge on any atom is -0.464 e. The van der Waals surface area contributed by atoms with Crippen molar-refractivity contribution in [1.29, 1.82) is 5.26 Å². The van der Waals surface area contributed by atoms with Gasteiger partial charge < -0.3 is 14.0 Å². The number of H-pyrrole nitrogens is 1. The first kappa shape index (κ1) is 23.3. The molecular formula is C25H20N4O6. The minimum absolute atomic E-state index is 0.0419. The average Bonchev–Trinajstić information content (AvgIpc) is 3.44. The molecule has 10 heteroatoms. The first-order valence-electron chi connectivity index (χ1n) is 10.6. The van der Waals surface area contributed by atoms with Crippen molar-refractivity contribution in [2.45, 2.75) is 13.3 Å². The van der Waals surface area contributed by atoms with Gasteiger partial charge in [-0.3, -0.25) is 9.89 Å². The number of carbonyl (C=O) groups is 2. The second-order valence-electron chi connectivity index (χ2n) is 7.47. The first-order valence-corrected chi connectivity index (χ1v) is 10.6. The fourth-order valence-corrected chi connectivity index (χ4v) is 3.57. The van der Waals surface area contributed by atoms with Crippen molar-refractivity contribution < 1.29 is 23.6 Å². The van der Waals surface area contributed by atoms with Gasteiger partial charge in [0.15, 0.2) is 0 Å². The van der Waals surface area contributed by atoms with Crippen LogP contribution in [-0.2, 0) is 15.9 Å². The Morgan fingerprint density at radius 1 is 1.11 bits per heavy atom. The number of aryl methyl sites for hydroxylation is 1. The molecule has 1 N–H and O–H groups in total. The van der Waals surface area contributed by atoms with Crippen molar-refractivity contribution in [2.24, 2.45) is 0 Å². The summed E-state index contributed by atoms with van der Waals surface area (Å²) in [6.07, 6.45) is -0.0419. The van der Waals surface area contributed by atoms with E-state index in [2.05, 4.69) is 10.3 Å².